The van der Waals surface area contributed by atoms with Crippen molar-refractivity contribution < 1.29 is 8.44 Å². The fourth-order valence-corrected chi connectivity index (χ4v) is 2.26. The van der Waals surface area contributed by atoms with E-state index in [9.17, 15) is 8.44 Å². The molecule has 0 saturated heterocycles. The molecule has 56 valence electrons. The minimum atomic E-state index is -6.21. The van der Waals surface area contributed by atoms with E-state index in [1.165, 1.54) is 12.1 Å². The first-order valence-corrected chi connectivity index (χ1v) is 7.39. The number of benzene rings is 1. The van der Waals surface area contributed by atoms with Crippen LogP contribution >= 0.6 is 0 Å². The zero-order valence-electron chi connectivity index (χ0n) is 5.02. The second-order valence-corrected chi connectivity index (χ2v) is 6.35. The van der Waals surface area contributed by atoms with Crippen molar-refractivity contribution in [3.05, 3.63) is 30.3 Å². The summed E-state index contributed by atoms with van der Waals surface area (Å²) in [5, 5.41) is 0. The van der Waals surface area contributed by atoms with Crippen molar-refractivity contribution >= 4 is 24.1 Å². The van der Waals surface area contributed by atoms with Gasteiger partial charge in [0.1, 0.15) is 0 Å². The Bertz CT molecular complexity index is 204. The summed E-state index contributed by atoms with van der Waals surface area (Å²) in [6.07, 6.45) is 0. The molecule has 0 fully saturated rings. The third-order valence-corrected chi connectivity index (χ3v) is 3.92. The average Bonchev–Trinajstić information content (AvgIpc) is 1.88. The summed E-state index contributed by atoms with van der Waals surface area (Å²) in [6, 6.07) is 6.69. The van der Waals surface area contributed by atoms with Crippen LogP contribution in [-0.4, -0.2) is 20.5 Å². The second kappa shape index (κ2) is 2.83. The van der Waals surface area contributed by atoms with Crippen molar-refractivity contribution in [1.82, 2.24) is 0 Å². The summed E-state index contributed by atoms with van der Waals surface area (Å²) in [5.74, 6) is 0. The SMILES string of the molecule is [F][SbH]([F])([F])[c]1ccccc1. The van der Waals surface area contributed by atoms with Crippen LogP contribution in [0.15, 0.2) is 30.3 Å². The number of rotatable bonds is 1. The molecule has 0 unspecified atom stereocenters. The van der Waals surface area contributed by atoms with Gasteiger partial charge in [-0.05, 0) is 0 Å². The van der Waals surface area contributed by atoms with Gasteiger partial charge in [0.05, 0.1) is 0 Å². The average molecular weight is 257 g/mol. The van der Waals surface area contributed by atoms with Gasteiger partial charge in [0, 0.05) is 0 Å². The molecule has 0 amide bonds. The fraction of sp³-hybridized carbons (Fsp3) is 0. The maximum absolute atomic E-state index is 12.0. The molecule has 0 heterocycles. The van der Waals surface area contributed by atoms with Crippen molar-refractivity contribution in [3.63, 3.8) is 0 Å². The van der Waals surface area contributed by atoms with Crippen molar-refractivity contribution in [2.24, 2.45) is 0 Å². The molecule has 4 heteroatoms. The van der Waals surface area contributed by atoms with Gasteiger partial charge in [-0.25, -0.2) is 0 Å². The Balaban J connectivity index is 2.97. The second-order valence-electron chi connectivity index (χ2n) is 1.86. The molecule has 0 aliphatic heterocycles. The van der Waals surface area contributed by atoms with Gasteiger partial charge in [-0.2, -0.15) is 0 Å². The van der Waals surface area contributed by atoms with E-state index in [0.29, 0.717) is 0 Å². The Labute approximate surface area is 63.1 Å². The number of hydrogen-bond donors (Lipinski definition) is 0. The van der Waals surface area contributed by atoms with Crippen LogP contribution in [0.5, 0.6) is 0 Å². The fourth-order valence-electron chi connectivity index (χ4n) is 0.627. The Morgan fingerprint density at radius 2 is 1.40 bits per heavy atom. The standard InChI is InChI=1S/C6H5.3FH.Sb.H/c1-2-4-6-5-3-1;;;;;/h1-5H;3*1H;;/q;;;;+3;/p-3. The van der Waals surface area contributed by atoms with Gasteiger partial charge in [-0.1, -0.05) is 0 Å². The molecular weight excluding hydrogens is 251 g/mol. The molecular formula is C6H6F3Sb. The zero-order chi connectivity index (χ0) is 7.61. The van der Waals surface area contributed by atoms with Gasteiger partial charge in [-0.3, -0.25) is 0 Å². The van der Waals surface area contributed by atoms with E-state index in [4.69, 9.17) is 0 Å². The van der Waals surface area contributed by atoms with Crippen LogP contribution in [0, 0.1) is 0 Å². The van der Waals surface area contributed by atoms with E-state index < -0.39 is 24.1 Å². The van der Waals surface area contributed by atoms with Crippen LogP contribution in [0.25, 0.3) is 0 Å². The van der Waals surface area contributed by atoms with E-state index in [1.54, 1.807) is 6.07 Å². The Morgan fingerprint density at radius 3 is 1.70 bits per heavy atom. The quantitative estimate of drug-likeness (QED) is 0.668. The van der Waals surface area contributed by atoms with Crippen molar-refractivity contribution in [3.8, 4) is 0 Å². The molecule has 0 saturated carbocycles. The molecule has 0 aromatic heterocycles. The molecule has 0 N–H and O–H groups in total. The molecule has 0 nitrogen and oxygen atoms in total. The molecule has 0 spiro atoms. The van der Waals surface area contributed by atoms with Crippen LogP contribution in [0.4, 0.5) is 8.44 Å². The third-order valence-electron chi connectivity index (χ3n) is 1.10. The monoisotopic (exact) mass is 256 g/mol. The van der Waals surface area contributed by atoms with Gasteiger partial charge in [0.25, 0.3) is 0 Å². The summed E-state index contributed by atoms with van der Waals surface area (Å²) >= 11 is -6.21. The van der Waals surface area contributed by atoms with Crippen LogP contribution in [0.3, 0.4) is 0 Å². The van der Waals surface area contributed by atoms with Gasteiger partial charge in [0.15, 0.2) is 0 Å². The first-order chi connectivity index (χ1) is 4.61. The summed E-state index contributed by atoms with van der Waals surface area (Å²) in [4.78, 5) is 0. The number of hydrogen-bond acceptors (Lipinski definition) is 0. The normalized spacial score (nSPS) is 13.1. The Hall–Kier alpha value is -0.172. The first-order valence-electron chi connectivity index (χ1n) is 2.73. The molecule has 0 atom stereocenters. The summed E-state index contributed by atoms with van der Waals surface area (Å²) < 4.78 is 35.6. The van der Waals surface area contributed by atoms with Gasteiger partial charge >= 0.3 is 62.8 Å². The summed E-state index contributed by atoms with van der Waals surface area (Å²) in [6.45, 7) is 0. The van der Waals surface area contributed by atoms with Crippen LogP contribution in [0.1, 0.15) is 0 Å². The number of halogens is 3. The molecule has 0 aliphatic carbocycles. The van der Waals surface area contributed by atoms with Gasteiger partial charge in [0.2, 0.25) is 0 Å². The topological polar surface area (TPSA) is 0 Å². The van der Waals surface area contributed by atoms with E-state index in [0.717, 1.165) is 12.1 Å². The van der Waals surface area contributed by atoms with Crippen molar-refractivity contribution in [2.45, 2.75) is 0 Å². The summed E-state index contributed by atoms with van der Waals surface area (Å²) in [7, 11) is 0. The van der Waals surface area contributed by atoms with Gasteiger partial charge in [-0.15, -0.1) is 0 Å². The Kier molecular flexibility index (Phi) is 2.24. The maximum atomic E-state index is 12.0. The molecule has 10 heavy (non-hydrogen) atoms. The van der Waals surface area contributed by atoms with E-state index in [2.05, 4.69) is 0 Å². The zero-order valence-corrected chi connectivity index (χ0v) is 7.87. The molecule has 1 aromatic carbocycles. The molecule has 0 bridgehead atoms. The van der Waals surface area contributed by atoms with Crippen molar-refractivity contribution in [1.29, 1.82) is 0 Å². The van der Waals surface area contributed by atoms with Crippen LogP contribution < -0.4 is 3.51 Å². The van der Waals surface area contributed by atoms with E-state index >= 15 is 0 Å². The van der Waals surface area contributed by atoms with Crippen LogP contribution in [-0.2, 0) is 0 Å². The summed E-state index contributed by atoms with van der Waals surface area (Å²) in [5.41, 5.74) is 0. The van der Waals surface area contributed by atoms with E-state index in [-0.39, 0.29) is 0 Å². The van der Waals surface area contributed by atoms with Crippen LogP contribution in [0.2, 0.25) is 0 Å². The molecule has 1 rings (SSSR count). The van der Waals surface area contributed by atoms with Gasteiger partial charge < -0.3 is 0 Å². The predicted octanol–water partition coefficient (Wildman–Crippen LogP) is 1.47. The first kappa shape index (κ1) is 7.93. The molecule has 0 aliphatic rings. The minimum absolute atomic E-state index is 0.392. The van der Waals surface area contributed by atoms with E-state index in [1.807, 2.05) is 0 Å². The Morgan fingerprint density at radius 1 is 0.900 bits per heavy atom. The van der Waals surface area contributed by atoms with Crippen molar-refractivity contribution in [2.75, 3.05) is 0 Å². The molecule has 1 aromatic rings. The molecule has 0 radical (unpaired) electrons. The third kappa shape index (κ3) is 1.91. The predicted molar refractivity (Wildman–Crippen MR) is 36.5 cm³/mol.